The van der Waals surface area contributed by atoms with E-state index in [-0.39, 0.29) is 23.7 Å². The lowest BCUT2D eigenvalue weighted by atomic mass is 10.1. The van der Waals surface area contributed by atoms with Gasteiger partial charge in [0, 0.05) is 18.6 Å². The predicted octanol–water partition coefficient (Wildman–Crippen LogP) is 1.41. The Bertz CT molecular complexity index is 676. The number of fused-ring (bicyclic) bond motifs is 2. The van der Waals surface area contributed by atoms with Crippen molar-refractivity contribution < 1.29 is 13.2 Å². The highest BCUT2D eigenvalue weighted by Gasteiger charge is 2.38. The first-order valence-electron chi connectivity index (χ1n) is 8.14. The summed E-state index contributed by atoms with van der Waals surface area (Å²) in [6.45, 7) is 3.31. The third kappa shape index (κ3) is 3.35. The van der Waals surface area contributed by atoms with Gasteiger partial charge in [-0.05, 0) is 44.9 Å². The molecule has 0 aliphatic carbocycles. The fraction of sp³-hybridized carbons (Fsp3) is 0.562. The Hall–Kier alpha value is -1.60. The SMILES string of the molecule is CCS(=O)(=O)Nc1ccccc1C(=O)N1C2CCNCC1CC2. The second-order valence-electron chi connectivity index (χ2n) is 6.14. The van der Waals surface area contributed by atoms with E-state index < -0.39 is 10.0 Å². The number of benzene rings is 1. The molecular formula is C16H23N3O3S. The van der Waals surface area contributed by atoms with Gasteiger partial charge in [0.1, 0.15) is 0 Å². The van der Waals surface area contributed by atoms with Crippen LogP contribution in [0.3, 0.4) is 0 Å². The molecule has 2 N–H and O–H groups in total. The largest absolute Gasteiger partial charge is 0.331 e. The van der Waals surface area contributed by atoms with E-state index >= 15 is 0 Å². The zero-order chi connectivity index (χ0) is 16.4. The molecule has 2 bridgehead atoms. The molecule has 0 aromatic heterocycles. The molecule has 1 amide bonds. The van der Waals surface area contributed by atoms with Gasteiger partial charge in [-0.3, -0.25) is 9.52 Å². The number of amides is 1. The number of para-hydroxylation sites is 1. The molecule has 2 aliphatic rings. The Balaban J connectivity index is 1.91. The van der Waals surface area contributed by atoms with Crippen molar-refractivity contribution in [2.45, 2.75) is 38.3 Å². The van der Waals surface area contributed by atoms with Crippen molar-refractivity contribution in [3.63, 3.8) is 0 Å². The second kappa shape index (κ2) is 6.49. The topological polar surface area (TPSA) is 78.5 Å². The summed E-state index contributed by atoms with van der Waals surface area (Å²) >= 11 is 0. The van der Waals surface area contributed by atoms with E-state index in [1.165, 1.54) is 0 Å². The first-order chi connectivity index (χ1) is 11.0. The monoisotopic (exact) mass is 337 g/mol. The number of sulfonamides is 1. The van der Waals surface area contributed by atoms with E-state index in [9.17, 15) is 13.2 Å². The average molecular weight is 337 g/mol. The van der Waals surface area contributed by atoms with Crippen LogP contribution in [0.15, 0.2) is 24.3 Å². The average Bonchev–Trinajstić information content (AvgIpc) is 2.80. The molecule has 2 saturated heterocycles. The van der Waals surface area contributed by atoms with Crippen molar-refractivity contribution in [2.24, 2.45) is 0 Å². The van der Waals surface area contributed by atoms with Crippen molar-refractivity contribution in [3.05, 3.63) is 29.8 Å². The molecule has 1 aromatic rings. The van der Waals surface area contributed by atoms with Crippen LogP contribution in [0.4, 0.5) is 5.69 Å². The summed E-state index contributed by atoms with van der Waals surface area (Å²) in [6, 6.07) is 7.31. The molecule has 126 valence electrons. The van der Waals surface area contributed by atoms with Gasteiger partial charge >= 0.3 is 0 Å². The lowest BCUT2D eigenvalue weighted by Crippen LogP contribution is -2.42. The fourth-order valence-corrected chi connectivity index (χ4v) is 4.11. The first kappa shape index (κ1) is 16.3. The van der Waals surface area contributed by atoms with Crippen LogP contribution in [0.25, 0.3) is 0 Å². The summed E-state index contributed by atoms with van der Waals surface area (Å²) in [4.78, 5) is 15.0. The molecule has 2 atom stereocenters. The lowest BCUT2D eigenvalue weighted by Gasteiger charge is -2.28. The maximum atomic E-state index is 13.1. The third-order valence-corrected chi connectivity index (χ3v) is 5.98. The fourth-order valence-electron chi connectivity index (χ4n) is 3.45. The van der Waals surface area contributed by atoms with Crippen LogP contribution in [-0.4, -0.2) is 50.2 Å². The Morgan fingerprint density at radius 1 is 1.26 bits per heavy atom. The highest BCUT2D eigenvalue weighted by atomic mass is 32.2. The van der Waals surface area contributed by atoms with Crippen LogP contribution >= 0.6 is 0 Å². The summed E-state index contributed by atoms with van der Waals surface area (Å²) < 4.78 is 26.3. The highest BCUT2D eigenvalue weighted by Crippen LogP contribution is 2.31. The number of nitrogens with zero attached hydrogens (tertiary/aromatic N) is 1. The number of hydrogen-bond donors (Lipinski definition) is 2. The van der Waals surface area contributed by atoms with Crippen molar-refractivity contribution in [1.82, 2.24) is 10.2 Å². The number of nitrogens with one attached hydrogen (secondary N) is 2. The molecule has 3 rings (SSSR count). The number of anilines is 1. The lowest BCUT2D eigenvalue weighted by molar-refractivity contribution is 0.0681. The van der Waals surface area contributed by atoms with Gasteiger partial charge in [0.2, 0.25) is 10.0 Å². The Labute approximate surface area is 137 Å². The van der Waals surface area contributed by atoms with Crippen LogP contribution < -0.4 is 10.0 Å². The summed E-state index contributed by atoms with van der Waals surface area (Å²) in [5.41, 5.74) is 0.805. The molecule has 2 fully saturated rings. The second-order valence-corrected chi connectivity index (χ2v) is 8.15. The number of carbonyl (C=O) groups excluding carboxylic acids is 1. The van der Waals surface area contributed by atoms with Crippen LogP contribution in [-0.2, 0) is 10.0 Å². The molecule has 0 spiro atoms. The number of rotatable bonds is 4. The molecule has 0 radical (unpaired) electrons. The van der Waals surface area contributed by atoms with Crippen molar-refractivity contribution in [3.8, 4) is 0 Å². The minimum absolute atomic E-state index is 0.0194. The zero-order valence-electron chi connectivity index (χ0n) is 13.3. The van der Waals surface area contributed by atoms with E-state index in [1.54, 1.807) is 31.2 Å². The van der Waals surface area contributed by atoms with Gasteiger partial charge < -0.3 is 10.2 Å². The molecular weight excluding hydrogens is 314 g/mol. The summed E-state index contributed by atoms with van der Waals surface area (Å²) in [5, 5.41) is 3.37. The molecule has 6 nitrogen and oxygen atoms in total. The summed E-state index contributed by atoms with van der Waals surface area (Å²) in [7, 11) is -3.41. The molecule has 1 aromatic carbocycles. The van der Waals surface area contributed by atoms with Gasteiger partial charge in [-0.25, -0.2) is 8.42 Å². The minimum Gasteiger partial charge on any atom is -0.331 e. The molecule has 2 heterocycles. The maximum Gasteiger partial charge on any atom is 0.256 e. The Morgan fingerprint density at radius 2 is 2.00 bits per heavy atom. The molecule has 7 heteroatoms. The highest BCUT2D eigenvalue weighted by molar-refractivity contribution is 7.92. The molecule has 2 unspecified atom stereocenters. The van der Waals surface area contributed by atoms with Crippen LogP contribution in [0.1, 0.15) is 36.5 Å². The quantitative estimate of drug-likeness (QED) is 0.871. The molecule has 0 saturated carbocycles. The van der Waals surface area contributed by atoms with E-state index in [0.717, 1.165) is 32.4 Å². The van der Waals surface area contributed by atoms with Gasteiger partial charge in [0.05, 0.1) is 17.0 Å². The van der Waals surface area contributed by atoms with Crippen molar-refractivity contribution in [2.75, 3.05) is 23.6 Å². The standard InChI is InChI=1S/C16H23N3O3S/c1-2-23(21,22)18-15-6-4-3-5-14(15)16(20)19-12-7-8-13(19)11-17-10-9-12/h3-6,12-13,17-18H,2,7-11H2,1H3. The van der Waals surface area contributed by atoms with E-state index in [1.807, 2.05) is 4.90 Å². The minimum atomic E-state index is -3.41. The maximum absolute atomic E-state index is 13.1. The van der Waals surface area contributed by atoms with Gasteiger partial charge in [-0.1, -0.05) is 12.1 Å². The van der Waals surface area contributed by atoms with Crippen molar-refractivity contribution >= 4 is 21.6 Å². The molecule has 2 aliphatic heterocycles. The normalized spacial score (nSPS) is 24.3. The van der Waals surface area contributed by atoms with Crippen molar-refractivity contribution in [1.29, 1.82) is 0 Å². The first-order valence-corrected chi connectivity index (χ1v) is 9.80. The van der Waals surface area contributed by atoms with Gasteiger partial charge in [0.15, 0.2) is 0 Å². The summed E-state index contributed by atoms with van der Waals surface area (Å²) in [5.74, 6) is -0.0930. The Kier molecular flexibility index (Phi) is 4.59. The third-order valence-electron chi connectivity index (χ3n) is 4.69. The van der Waals surface area contributed by atoms with E-state index in [0.29, 0.717) is 11.3 Å². The number of hydrogen-bond acceptors (Lipinski definition) is 4. The van der Waals surface area contributed by atoms with E-state index in [2.05, 4.69) is 10.0 Å². The predicted molar refractivity (Wildman–Crippen MR) is 90.0 cm³/mol. The van der Waals surface area contributed by atoms with Gasteiger partial charge in [0.25, 0.3) is 5.91 Å². The summed E-state index contributed by atoms with van der Waals surface area (Å²) in [6.07, 6.45) is 2.98. The smallest absolute Gasteiger partial charge is 0.256 e. The Morgan fingerprint density at radius 3 is 2.78 bits per heavy atom. The zero-order valence-corrected chi connectivity index (χ0v) is 14.1. The van der Waals surface area contributed by atoms with Crippen LogP contribution in [0, 0.1) is 0 Å². The number of carbonyl (C=O) groups is 1. The van der Waals surface area contributed by atoms with Gasteiger partial charge in [-0.2, -0.15) is 0 Å². The van der Waals surface area contributed by atoms with Crippen LogP contribution in [0.2, 0.25) is 0 Å². The van der Waals surface area contributed by atoms with Crippen LogP contribution in [0.5, 0.6) is 0 Å². The van der Waals surface area contributed by atoms with Gasteiger partial charge in [-0.15, -0.1) is 0 Å². The molecule has 23 heavy (non-hydrogen) atoms. The van der Waals surface area contributed by atoms with E-state index in [4.69, 9.17) is 0 Å².